The molecule has 1 aromatic carbocycles. The van der Waals surface area contributed by atoms with Crippen molar-refractivity contribution >= 4 is 0 Å². The third-order valence-corrected chi connectivity index (χ3v) is 6.38. The van der Waals surface area contributed by atoms with Gasteiger partial charge in [0.2, 0.25) is 0 Å². The number of rotatable bonds is 1. The number of hydrogen-bond donors (Lipinski definition) is 3. The van der Waals surface area contributed by atoms with Crippen LogP contribution in [-0.4, -0.2) is 48.2 Å². The number of benzene rings is 1. The normalized spacial score (nSPS) is 44.2. The van der Waals surface area contributed by atoms with Crippen LogP contribution < -0.4 is 14.8 Å². The largest absolute Gasteiger partial charge is 0.493 e. The quantitative estimate of drug-likeness (QED) is 0.698. The Morgan fingerprint density at radius 3 is 3.05 bits per heavy atom. The lowest BCUT2D eigenvalue weighted by atomic mass is 9.51. The predicted octanol–water partition coefficient (Wildman–Crippen LogP) is 0.354. The highest BCUT2D eigenvalue weighted by Gasteiger charge is 2.66. The maximum absolute atomic E-state index is 10.6. The van der Waals surface area contributed by atoms with Crippen molar-refractivity contribution in [2.45, 2.75) is 49.0 Å². The zero-order valence-electron chi connectivity index (χ0n) is 12.6. The molecule has 2 aliphatic heterocycles. The summed E-state index contributed by atoms with van der Waals surface area (Å²) in [4.78, 5) is 0. The van der Waals surface area contributed by atoms with Crippen LogP contribution in [0, 0.1) is 5.92 Å². The van der Waals surface area contributed by atoms with Gasteiger partial charge in [-0.25, -0.2) is 0 Å². The van der Waals surface area contributed by atoms with Gasteiger partial charge in [0, 0.05) is 17.0 Å². The summed E-state index contributed by atoms with van der Waals surface area (Å²) in [6.45, 7) is 0.930. The minimum Gasteiger partial charge on any atom is -0.493 e. The Balaban J connectivity index is 1.79. The molecular formula is C17H21NO4. The summed E-state index contributed by atoms with van der Waals surface area (Å²) in [5, 5.41) is 24.5. The topological polar surface area (TPSA) is 71.0 Å². The van der Waals surface area contributed by atoms with E-state index in [0.29, 0.717) is 18.4 Å². The first kappa shape index (κ1) is 13.2. The molecule has 0 amide bonds. The summed E-state index contributed by atoms with van der Waals surface area (Å²) >= 11 is 0. The molecule has 2 aliphatic carbocycles. The van der Waals surface area contributed by atoms with Crippen LogP contribution in [0.25, 0.3) is 0 Å². The first-order chi connectivity index (χ1) is 10.7. The van der Waals surface area contributed by atoms with E-state index in [1.165, 1.54) is 11.1 Å². The van der Waals surface area contributed by atoms with Crippen LogP contribution in [0.15, 0.2) is 12.1 Å². The van der Waals surface area contributed by atoms with Crippen LogP contribution in [0.5, 0.6) is 11.5 Å². The third-order valence-electron chi connectivity index (χ3n) is 6.38. The van der Waals surface area contributed by atoms with Crippen molar-refractivity contribution in [2.75, 3.05) is 13.7 Å². The monoisotopic (exact) mass is 303 g/mol. The van der Waals surface area contributed by atoms with E-state index in [1.54, 1.807) is 7.11 Å². The first-order valence-electron chi connectivity index (χ1n) is 8.13. The Morgan fingerprint density at radius 2 is 2.23 bits per heavy atom. The van der Waals surface area contributed by atoms with Crippen molar-refractivity contribution in [3.8, 4) is 11.5 Å². The zero-order chi connectivity index (χ0) is 15.1. The van der Waals surface area contributed by atoms with Crippen molar-refractivity contribution in [1.82, 2.24) is 5.32 Å². The molecule has 2 bridgehead atoms. The fraction of sp³-hybridized carbons (Fsp3) is 0.647. The van der Waals surface area contributed by atoms with Gasteiger partial charge in [0.25, 0.3) is 0 Å². The number of ether oxygens (including phenoxy) is 2. The van der Waals surface area contributed by atoms with Crippen LogP contribution in [0.2, 0.25) is 0 Å². The highest BCUT2D eigenvalue weighted by Crippen LogP contribution is 2.62. The van der Waals surface area contributed by atoms with Crippen LogP contribution >= 0.6 is 0 Å². The maximum atomic E-state index is 10.6. The lowest BCUT2D eigenvalue weighted by Crippen LogP contribution is -2.68. The molecular weight excluding hydrogens is 282 g/mol. The van der Waals surface area contributed by atoms with Gasteiger partial charge < -0.3 is 25.0 Å². The van der Waals surface area contributed by atoms with E-state index in [1.807, 2.05) is 6.07 Å². The lowest BCUT2D eigenvalue weighted by molar-refractivity contribution is -0.136. The zero-order valence-corrected chi connectivity index (χ0v) is 12.6. The van der Waals surface area contributed by atoms with Crippen molar-refractivity contribution in [1.29, 1.82) is 0 Å². The van der Waals surface area contributed by atoms with Gasteiger partial charge in [-0.3, -0.25) is 0 Å². The fourth-order valence-electron chi connectivity index (χ4n) is 5.55. The van der Waals surface area contributed by atoms with E-state index in [4.69, 9.17) is 9.47 Å². The molecule has 3 N–H and O–H groups in total. The van der Waals surface area contributed by atoms with Gasteiger partial charge in [-0.1, -0.05) is 6.07 Å². The fourth-order valence-corrected chi connectivity index (χ4v) is 5.55. The number of aliphatic hydroxyl groups is 2. The second-order valence-electron chi connectivity index (χ2n) is 7.12. The summed E-state index contributed by atoms with van der Waals surface area (Å²) in [7, 11) is 1.65. The van der Waals surface area contributed by atoms with Gasteiger partial charge in [0.1, 0.15) is 12.2 Å². The van der Waals surface area contributed by atoms with E-state index < -0.39 is 12.2 Å². The predicted molar refractivity (Wildman–Crippen MR) is 79.3 cm³/mol. The van der Waals surface area contributed by atoms with E-state index in [0.717, 1.165) is 30.9 Å². The van der Waals surface area contributed by atoms with E-state index >= 15 is 0 Å². The van der Waals surface area contributed by atoms with Gasteiger partial charge in [-0.2, -0.15) is 0 Å². The molecule has 22 heavy (non-hydrogen) atoms. The summed E-state index contributed by atoms with van der Waals surface area (Å²) in [6, 6.07) is 4.45. The Labute approximate surface area is 129 Å². The number of piperidine rings is 1. The first-order valence-corrected chi connectivity index (χ1v) is 8.13. The molecule has 1 saturated heterocycles. The number of aliphatic hydroxyl groups excluding tert-OH is 2. The molecule has 1 aromatic rings. The molecule has 1 spiro atoms. The Morgan fingerprint density at radius 1 is 1.36 bits per heavy atom. The molecule has 2 heterocycles. The lowest BCUT2D eigenvalue weighted by Gasteiger charge is -2.57. The molecule has 0 radical (unpaired) electrons. The Kier molecular flexibility index (Phi) is 2.49. The SMILES string of the molecule is COc1ccc2c3c1O[C@H]1C(O)[C@H](O)C[C@H]4[C@@H](C2)NCC[C@]314. The summed E-state index contributed by atoms with van der Waals surface area (Å²) in [5.74, 6) is 1.84. The van der Waals surface area contributed by atoms with Gasteiger partial charge in [-0.15, -0.1) is 0 Å². The minimum atomic E-state index is -0.835. The van der Waals surface area contributed by atoms with Crippen molar-refractivity contribution < 1.29 is 19.7 Å². The average molecular weight is 303 g/mol. The molecule has 6 atom stereocenters. The van der Waals surface area contributed by atoms with Crippen LogP contribution in [-0.2, 0) is 11.8 Å². The molecule has 1 unspecified atom stereocenters. The smallest absolute Gasteiger partial charge is 0.165 e. The second-order valence-corrected chi connectivity index (χ2v) is 7.12. The Hall–Kier alpha value is -1.30. The second kappa shape index (κ2) is 4.16. The number of hydrogen-bond acceptors (Lipinski definition) is 5. The van der Waals surface area contributed by atoms with Gasteiger partial charge in [-0.05, 0) is 43.4 Å². The molecule has 2 fully saturated rings. The Bertz CT molecular complexity index is 648. The highest BCUT2D eigenvalue weighted by atomic mass is 16.5. The molecule has 1 saturated carbocycles. The standard InChI is InChI=1S/C17H21NO4/c1-21-12-3-2-8-6-10-9-7-11(19)14(20)16-17(9,4-5-18-10)13(8)15(12)22-16/h2-3,9-11,14,16,18-20H,4-7H2,1H3/t9-,10+,11+,14?,16-,17-/m0/s1. The summed E-state index contributed by atoms with van der Waals surface area (Å²) in [6.07, 6.45) is 0.615. The molecule has 4 aliphatic rings. The van der Waals surface area contributed by atoms with Gasteiger partial charge in [0.15, 0.2) is 11.5 Å². The summed E-state index contributed by atoms with van der Waals surface area (Å²) in [5.41, 5.74) is 2.37. The van der Waals surface area contributed by atoms with Gasteiger partial charge >= 0.3 is 0 Å². The number of methoxy groups -OCH3 is 1. The highest BCUT2D eigenvalue weighted by molar-refractivity contribution is 5.61. The van der Waals surface area contributed by atoms with Crippen molar-refractivity contribution in [3.63, 3.8) is 0 Å². The minimum absolute atomic E-state index is 0.175. The third kappa shape index (κ3) is 1.32. The van der Waals surface area contributed by atoms with Crippen molar-refractivity contribution in [2.24, 2.45) is 5.92 Å². The molecule has 118 valence electrons. The van der Waals surface area contributed by atoms with E-state index in [2.05, 4.69) is 11.4 Å². The maximum Gasteiger partial charge on any atom is 0.165 e. The van der Waals surface area contributed by atoms with E-state index in [-0.39, 0.29) is 11.5 Å². The van der Waals surface area contributed by atoms with Gasteiger partial charge in [0.05, 0.1) is 13.2 Å². The summed E-state index contributed by atoms with van der Waals surface area (Å²) < 4.78 is 11.7. The van der Waals surface area contributed by atoms with Crippen LogP contribution in [0.4, 0.5) is 0 Å². The van der Waals surface area contributed by atoms with Crippen LogP contribution in [0.1, 0.15) is 24.0 Å². The molecule has 5 heteroatoms. The van der Waals surface area contributed by atoms with E-state index in [9.17, 15) is 10.2 Å². The average Bonchev–Trinajstić information content (AvgIpc) is 2.85. The van der Waals surface area contributed by atoms with Crippen LogP contribution in [0.3, 0.4) is 0 Å². The van der Waals surface area contributed by atoms with Crippen molar-refractivity contribution in [3.05, 3.63) is 23.3 Å². The molecule has 5 rings (SSSR count). The molecule has 5 nitrogen and oxygen atoms in total. The number of nitrogens with one attached hydrogen (secondary N) is 1. The molecule has 0 aromatic heterocycles.